The fraction of sp³-hybridized carbons (Fsp3) is 0.100. The molecule has 0 radical (unpaired) electrons. The lowest BCUT2D eigenvalue weighted by Gasteiger charge is -2.31. The third-order valence-electron chi connectivity index (χ3n) is 3.77. The molecular weight excluding hydrogens is 285 g/mol. The molecule has 0 saturated heterocycles. The summed E-state index contributed by atoms with van der Waals surface area (Å²) < 4.78 is 2.43. The number of rotatable bonds is 4. The molecule has 110 valence electrons. The molecule has 0 aliphatic heterocycles. The minimum absolute atomic E-state index is 0.571. The van der Waals surface area contributed by atoms with Crippen molar-refractivity contribution >= 4 is 24.4 Å². The number of aryl methyl sites for hydroxylation is 1. The van der Waals surface area contributed by atoms with Gasteiger partial charge in [-0.1, -0.05) is 78.9 Å². The van der Waals surface area contributed by atoms with Crippen LogP contribution in [0.1, 0.15) is 5.56 Å². The van der Waals surface area contributed by atoms with Gasteiger partial charge in [-0.2, -0.15) is 0 Å². The Kier molecular flexibility index (Phi) is 4.56. The average molecular weight is 305 g/mol. The van der Waals surface area contributed by atoms with Crippen LogP contribution in [0.2, 0.25) is 0 Å². The van der Waals surface area contributed by atoms with Crippen LogP contribution in [0.4, 0.5) is 5.69 Å². The summed E-state index contributed by atoms with van der Waals surface area (Å²) in [6, 6.07) is 30.2. The molecular formula is C20H20NP. The lowest BCUT2D eigenvalue weighted by molar-refractivity contribution is 1.30. The molecule has 0 spiro atoms. The normalized spacial score (nSPS) is 10.7. The standard InChI is InChI=1S/C20H20NP/c1-17-11-9-10-16-20(17)21(2)22(18-12-5-3-6-13-18)19-14-7-4-8-15-19/h3-16H,1-2H3. The smallest absolute Gasteiger partial charge is 0.0547 e. The SMILES string of the molecule is Cc1ccccc1N(C)P(c1ccccc1)c1ccccc1. The maximum Gasteiger partial charge on any atom is 0.0547 e. The van der Waals surface area contributed by atoms with Crippen LogP contribution in [0.15, 0.2) is 84.9 Å². The number of hydrogen-bond donors (Lipinski definition) is 0. The summed E-state index contributed by atoms with van der Waals surface area (Å²) >= 11 is 0. The fourth-order valence-corrected chi connectivity index (χ4v) is 5.01. The van der Waals surface area contributed by atoms with E-state index in [0.29, 0.717) is 0 Å². The largest absolute Gasteiger partial charge is 0.346 e. The Labute approximate surface area is 134 Å². The van der Waals surface area contributed by atoms with Crippen molar-refractivity contribution in [2.45, 2.75) is 6.92 Å². The first-order chi connectivity index (χ1) is 10.8. The predicted molar refractivity (Wildman–Crippen MR) is 98.7 cm³/mol. The Bertz CT molecular complexity index is 685. The van der Waals surface area contributed by atoms with Gasteiger partial charge in [-0.25, -0.2) is 0 Å². The van der Waals surface area contributed by atoms with E-state index in [1.807, 2.05) is 0 Å². The molecule has 0 aliphatic carbocycles. The van der Waals surface area contributed by atoms with Gasteiger partial charge in [0.1, 0.15) is 0 Å². The molecule has 0 bridgehead atoms. The van der Waals surface area contributed by atoms with Crippen molar-refractivity contribution in [1.82, 2.24) is 0 Å². The van der Waals surface area contributed by atoms with Gasteiger partial charge in [0.25, 0.3) is 0 Å². The van der Waals surface area contributed by atoms with E-state index in [-0.39, 0.29) is 0 Å². The minimum atomic E-state index is -0.571. The molecule has 0 aromatic heterocycles. The molecule has 3 aromatic rings. The van der Waals surface area contributed by atoms with Crippen LogP contribution in [-0.2, 0) is 0 Å². The van der Waals surface area contributed by atoms with Crippen LogP contribution < -0.4 is 15.3 Å². The number of nitrogens with zero attached hydrogens (tertiary/aromatic N) is 1. The second-order valence-corrected chi connectivity index (χ2v) is 7.55. The number of anilines is 1. The van der Waals surface area contributed by atoms with Gasteiger partial charge in [0.2, 0.25) is 0 Å². The van der Waals surface area contributed by atoms with E-state index in [9.17, 15) is 0 Å². The van der Waals surface area contributed by atoms with Gasteiger partial charge in [-0.15, -0.1) is 0 Å². The Hall–Kier alpha value is -2.11. The zero-order valence-electron chi connectivity index (χ0n) is 13.0. The third-order valence-corrected chi connectivity index (χ3v) is 6.16. The average Bonchev–Trinajstić information content (AvgIpc) is 2.57. The maximum absolute atomic E-state index is 2.43. The number of benzene rings is 3. The highest BCUT2D eigenvalue weighted by Crippen LogP contribution is 2.41. The summed E-state index contributed by atoms with van der Waals surface area (Å²) in [6.07, 6.45) is 0. The summed E-state index contributed by atoms with van der Waals surface area (Å²) in [7, 11) is 1.63. The zero-order chi connectivity index (χ0) is 15.4. The maximum atomic E-state index is 2.43. The van der Waals surface area contributed by atoms with E-state index in [1.54, 1.807) is 0 Å². The van der Waals surface area contributed by atoms with E-state index >= 15 is 0 Å². The van der Waals surface area contributed by atoms with Crippen LogP contribution >= 0.6 is 8.07 Å². The van der Waals surface area contributed by atoms with Gasteiger partial charge in [0, 0.05) is 23.3 Å². The van der Waals surface area contributed by atoms with E-state index in [4.69, 9.17) is 0 Å². The monoisotopic (exact) mass is 305 g/mol. The highest BCUT2D eigenvalue weighted by molar-refractivity contribution is 7.74. The molecule has 0 N–H and O–H groups in total. The zero-order valence-corrected chi connectivity index (χ0v) is 13.9. The second kappa shape index (κ2) is 6.77. The summed E-state index contributed by atoms with van der Waals surface area (Å²) in [5, 5.41) is 2.74. The molecule has 0 heterocycles. The fourth-order valence-electron chi connectivity index (χ4n) is 2.67. The summed E-state index contributed by atoms with van der Waals surface area (Å²) in [4.78, 5) is 0. The van der Waals surface area contributed by atoms with Crippen LogP contribution in [-0.4, -0.2) is 7.05 Å². The molecule has 0 fully saturated rings. The number of para-hydroxylation sites is 1. The van der Waals surface area contributed by atoms with Gasteiger partial charge in [-0.3, -0.25) is 0 Å². The highest BCUT2D eigenvalue weighted by atomic mass is 31.1. The van der Waals surface area contributed by atoms with E-state index in [2.05, 4.69) is 104 Å². The Morgan fingerprint density at radius 1 is 0.636 bits per heavy atom. The third kappa shape index (κ3) is 3.05. The van der Waals surface area contributed by atoms with E-state index in [1.165, 1.54) is 21.9 Å². The molecule has 22 heavy (non-hydrogen) atoms. The highest BCUT2D eigenvalue weighted by Gasteiger charge is 2.20. The van der Waals surface area contributed by atoms with Gasteiger partial charge in [0.15, 0.2) is 0 Å². The Balaban J connectivity index is 2.08. The van der Waals surface area contributed by atoms with Crippen LogP contribution in [0.5, 0.6) is 0 Å². The molecule has 3 aromatic carbocycles. The van der Waals surface area contributed by atoms with Crippen LogP contribution in [0.25, 0.3) is 0 Å². The lowest BCUT2D eigenvalue weighted by Crippen LogP contribution is -2.25. The van der Waals surface area contributed by atoms with Crippen LogP contribution in [0, 0.1) is 6.92 Å². The van der Waals surface area contributed by atoms with Crippen molar-refractivity contribution in [3.63, 3.8) is 0 Å². The molecule has 3 rings (SSSR count). The van der Waals surface area contributed by atoms with Gasteiger partial charge >= 0.3 is 0 Å². The predicted octanol–water partition coefficient (Wildman–Crippen LogP) is 4.48. The van der Waals surface area contributed by atoms with Gasteiger partial charge in [-0.05, 0) is 18.6 Å². The first-order valence-electron chi connectivity index (χ1n) is 7.47. The van der Waals surface area contributed by atoms with Crippen molar-refractivity contribution in [1.29, 1.82) is 0 Å². The van der Waals surface area contributed by atoms with E-state index < -0.39 is 8.07 Å². The molecule has 1 nitrogen and oxygen atoms in total. The van der Waals surface area contributed by atoms with Gasteiger partial charge < -0.3 is 4.67 Å². The van der Waals surface area contributed by atoms with Crippen molar-refractivity contribution in [3.05, 3.63) is 90.5 Å². The van der Waals surface area contributed by atoms with Gasteiger partial charge in [0.05, 0.1) is 8.07 Å². The molecule has 0 aliphatic rings. The first kappa shape index (κ1) is 14.8. The number of hydrogen-bond acceptors (Lipinski definition) is 1. The molecule has 0 unspecified atom stereocenters. The summed E-state index contributed by atoms with van der Waals surface area (Å²) in [5.41, 5.74) is 2.60. The van der Waals surface area contributed by atoms with Crippen molar-refractivity contribution in [2.75, 3.05) is 11.7 Å². The topological polar surface area (TPSA) is 3.24 Å². The summed E-state index contributed by atoms with van der Waals surface area (Å²) in [6.45, 7) is 2.18. The minimum Gasteiger partial charge on any atom is -0.346 e. The first-order valence-corrected chi connectivity index (χ1v) is 8.76. The molecule has 2 heteroatoms. The van der Waals surface area contributed by atoms with Crippen molar-refractivity contribution in [2.24, 2.45) is 0 Å². The van der Waals surface area contributed by atoms with E-state index in [0.717, 1.165) is 0 Å². The van der Waals surface area contributed by atoms with Crippen molar-refractivity contribution < 1.29 is 0 Å². The second-order valence-electron chi connectivity index (χ2n) is 5.29. The molecule has 0 amide bonds. The Morgan fingerprint density at radius 2 is 1.09 bits per heavy atom. The van der Waals surface area contributed by atoms with Crippen LogP contribution in [0.3, 0.4) is 0 Å². The molecule has 0 atom stereocenters. The summed E-state index contributed by atoms with van der Waals surface area (Å²) in [5.74, 6) is 0. The lowest BCUT2D eigenvalue weighted by atomic mass is 10.2. The quantitative estimate of drug-likeness (QED) is 0.642. The Morgan fingerprint density at radius 3 is 1.59 bits per heavy atom. The molecule has 0 saturated carbocycles. The van der Waals surface area contributed by atoms with Crippen molar-refractivity contribution in [3.8, 4) is 0 Å².